The molecule has 1 aliphatic carbocycles. The first-order valence-corrected chi connectivity index (χ1v) is 8.06. The summed E-state index contributed by atoms with van der Waals surface area (Å²) in [5, 5.41) is 9.42. The first-order valence-electron chi connectivity index (χ1n) is 8.06. The van der Waals surface area contributed by atoms with Gasteiger partial charge in [0.15, 0.2) is 16.8 Å². The molecule has 0 spiro atoms. The monoisotopic (exact) mass is 329 g/mol. The zero-order chi connectivity index (χ0) is 17.3. The van der Waals surface area contributed by atoms with Gasteiger partial charge in [-0.05, 0) is 25.0 Å². The third-order valence-corrected chi connectivity index (χ3v) is 4.64. The molecule has 0 unspecified atom stereocenters. The van der Waals surface area contributed by atoms with Crippen LogP contribution < -0.4 is 5.43 Å². The summed E-state index contributed by atoms with van der Waals surface area (Å²) in [5.41, 5.74) is -0.600. The third-order valence-electron chi connectivity index (χ3n) is 4.64. The molecule has 1 heterocycles. The van der Waals surface area contributed by atoms with Crippen LogP contribution in [0.2, 0.25) is 0 Å². The zero-order valence-corrected chi connectivity index (χ0v) is 13.4. The lowest BCUT2D eigenvalue weighted by atomic mass is 9.94. The molecule has 1 amide bonds. The summed E-state index contributed by atoms with van der Waals surface area (Å²) in [5.74, 6) is -1.70. The number of fused-ring (bicyclic) bond motifs is 1. The Morgan fingerprint density at radius 1 is 1.21 bits per heavy atom. The van der Waals surface area contributed by atoms with Crippen molar-refractivity contribution < 1.29 is 19.1 Å². The van der Waals surface area contributed by atoms with Crippen LogP contribution in [0.3, 0.4) is 0 Å². The highest BCUT2D eigenvalue weighted by Gasteiger charge is 2.25. The molecule has 3 rings (SSSR count). The van der Waals surface area contributed by atoms with E-state index in [0.717, 1.165) is 31.7 Å². The number of carboxylic acid groups (broad SMARTS) is 1. The van der Waals surface area contributed by atoms with Crippen LogP contribution in [0.1, 0.15) is 53.0 Å². The van der Waals surface area contributed by atoms with Crippen molar-refractivity contribution in [1.29, 1.82) is 0 Å². The highest BCUT2D eigenvalue weighted by molar-refractivity contribution is 6.02. The predicted molar refractivity (Wildman–Crippen MR) is 88.4 cm³/mol. The normalized spacial score (nSPS) is 15.4. The van der Waals surface area contributed by atoms with Gasteiger partial charge >= 0.3 is 5.97 Å². The van der Waals surface area contributed by atoms with E-state index in [4.69, 9.17) is 4.42 Å². The lowest BCUT2D eigenvalue weighted by Crippen LogP contribution is -2.38. The van der Waals surface area contributed by atoms with Crippen LogP contribution in [-0.2, 0) is 0 Å². The van der Waals surface area contributed by atoms with Gasteiger partial charge in [-0.2, -0.15) is 0 Å². The van der Waals surface area contributed by atoms with E-state index < -0.39 is 11.4 Å². The molecular weight excluding hydrogens is 310 g/mol. The van der Waals surface area contributed by atoms with Crippen molar-refractivity contribution in [3.8, 4) is 0 Å². The number of benzene rings is 1. The Morgan fingerprint density at radius 3 is 2.58 bits per heavy atom. The van der Waals surface area contributed by atoms with Crippen molar-refractivity contribution >= 4 is 22.8 Å². The Labute approximate surface area is 138 Å². The third kappa shape index (κ3) is 2.91. The molecule has 0 radical (unpaired) electrons. The fraction of sp³-hybridized carbons (Fsp3) is 0.389. The first-order chi connectivity index (χ1) is 11.5. The number of aromatic carboxylic acids is 1. The van der Waals surface area contributed by atoms with Gasteiger partial charge in [0.05, 0.1) is 5.39 Å². The van der Waals surface area contributed by atoms with E-state index in [2.05, 4.69) is 0 Å². The summed E-state index contributed by atoms with van der Waals surface area (Å²) in [6.45, 7) is 0. The molecule has 6 nitrogen and oxygen atoms in total. The van der Waals surface area contributed by atoms with Gasteiger partial charge in [0.25, 0.3) is 5.91 Å². The smallest absolute Gasteiger partial charge is 0.339 e. The number of hydrogen-bond donors (Lipinski definition) is 1. The second-order valence-corrected chi connectivity index (χ2v) is 6.17. The van der Waals surface area contributed by atoms with E-state index >= 15 is 0 Å². The predicted octanol–water partition coefficient (Wildman–Crippen LogP) is 2.90. The summed E-state index contributed by atoms with van der Waals surface area (Å²) < 4.78 is 5.54. The fourth-order valence-corrected chi connectivity index (χ4v) is 3.26. The Balaban J connectivity index is 2.03. The zero-order valence-electron chi connectivity index (χ0n) is 13.4. The standard InChI is InChI=1S/C18H19NO5/c1-19(11-6-3-2-4-7-11)17(21)15-10-14(20)12-8-5-9-13(18(22)23)16(12)24-15/h5,8-11H,2-4,6-7H2,1H3,(H,22,23). The molecule has 0 bridgehead atoms. The summed E-state index contributed by atoms with van der Waals surface area (Å²) in [6.07, 6.45) is 5.19. The number of amides is 1. The van der Waals surface area contributed by atoms with Crippen molar-refractivity contribution in [2.24, 2.45) is 0 Å². The SMILES string of the molecule is CN(C(=O)c1cc(=O)c2cccc(C(=O)O)c2o1)C1CCCCC1. The Bertz CT molecular complexity index is 848. The van der Waals surface area contributed by atoms with Crippen LogP contribution in [0.15, 0.2) is 33.5 Å². The van der Waals surface area contributed by atoms with Gasteiger partial charge in [-0.25, -0.2) is 4.79 Å². The van der Waals surface area contributed by atoms with E-state index in [-0.39, 0.29) is 34.2 Å². The minimum Gasteiger partial charge on any atom is -0.478 e. The summed E-state index contributed by atoms with van der Waals surface area (Å²) in [7, 11) is 1.70. The van der Waals surface area contributed by atoms with Crippen LogP contribution in [0.25, 0.3) is 11.0 Å². The summed E-state index contributed by atoms with van der Waals surface area (Å²) >= 11 is 0. The minimum absolute atomic E-state index is 0.0575. The van der Waals surface area contributed by atoms with Crippen molar-refractivity contribution in [2.75, 3.05) is 7.05 Å². The molecule has 24 heavy (non-hydrogen) atoms. The second-order valence-electron chi connectivity index (χ2n) is 6.17. The largest absolute Gasteiger partial charge is 0.478 e. The van der Waals surface area contributed by atoms with Crippen LogP contribution in [0.5, 0.6) is 0 Å². The number of rotatable bonds is 3. The number of carboxylic acids is 1. The lowest BCUT2D eigenvalue weighted by Gasteiger charge is -2.30. The van der Waals surface area contributed by atoms with Gasteiger partial charge in [-0.15, -0.1) is 0 Å². The maximum absolute atomic E-state index is 12.7. The number of carbonyl (C=O) groups excluding carboxylic acids is 1. The maximum Gasteiger partial charge on any atom is 0.339 e. The average Bonchev–Trinajstić information content (AvgIpc) is 2.60. The molecule has 1 fully saturated rings. The summed E-state index contributed by atoms with van der Waals surface area (Å²) in [4.78, 5) is 37.9. The maximum atomic E-state index is 12.7. The van der Waals surface area contributed by atoms with Crippen LogP contribution >= 0.6 is 0 Å². The van der Waals surface area contributed by atoms with Gasteiger partial charge in [-0.1, -0.05) is 25.3 Å². The molecule has 126 valence electrons. The molecule has 1 aliphatic rings. The minimum atomic E-state index is -1.20. The first kappa shape index (κ1) is 16.2. The molecule has 1 aromatic carbocycles. The average molecular weight is 329 g/mol. The van der Waals surface area contributed by atoms with Crippen molar-refractivity contribution in [2.45, 2.75) is 38.1 Å². The molecule has 1 saturated carbocycles. The quantitative estimate of drug-likeness (QED) is 0.935. The number of hydrogen-bond acceptors (Lipinski definition) is 4. The highest BCUT2D eigenvalue weighted by Crippen LogP contribution is 2.24. The van der Waals surface area contributed by atoms with Crippen LogP contribution in [0, 0.1) is 0 Å². The number of nitrogens with zero attached hydrogens (tertiary/aromatic N) is 1. The number of carbonyl (C=O) groups is 2. The molecule has 6 heteroatoms. The van der Waals surface area contributed by atoms with E-state index in [1.807, 2.05) is 0 Å². The molecule has 2 aromatic rings. The van der Waals surface area contributed by atoms with E-state index in [9.17, 15) is 19.5 Å². The van der Waals surface area contributed by atoms with E-state index in [1.165, 1.54) is 24.6 Å². The Kier molecular flexibility index (Phi) is 4.38. The topological polar surface area (TPSA) is 87.8 Å². The molecule has 1 aromatic heterocycles. The highest BCUT2D eigenvalue weighted by atomic mass is 16.4. The van der Waals surface area contributed by atoms with Gasteiger partial charge < -0.3 is 14.4 Å². The Morgan fingerprint density at radius 2 is 1.92 bits per heavy atom. The van der Waals surface area contributed by atoms with Gasteiger partial charge in [-0.3, -0.25) is 9.59 Å². The lowest BCUT2D eigenvalue weighted by molar-refractivity contribution is 0.0657. The van der Waals surface area contributed by atoms with Gasteiger partial charge in [0.2, 0.25) is 0 Å². The molecule has 0 aliphatic heterocycles. The van der Waals surface area contributed by atoms with Crippen molar-refractivity contribution in [3.05, 3.63) is 45.8 Å². The molecule has 0 saturated heterocycles. The molecule has 1 N–H and O–H groups in total. The number of para-hydroxylation sites is 1. The van der Waals surface area contributed by atoms with Crippen molar-refractivity contribution in [1.82, 2.24) is 4.90 Å². The van der Waals surface area contributed by atoms with Crippen LogP contribution in [-0.4, -0.2) is 35.0 Å². The molecule has 0 atom stereocenters. The second kappa shape index (κ2) is 6.47. The molecular formula is C18H19NO5. The van der Waals surface area contributed by atoms with Crippen molar-refractivity contribution in [3.63, 3.8) is 0 Å². The van der Waals surface area contributed by atoms with Gasteiger partial charge in [0, 0.05) is 19.2 Å². The fourth-order valence-electron chi connectivity index (χ4n) is 3.26. The van der Waals surface area contributed by atoms with Crippen LogP contribution in [0.4, 0.5) is 0 Å². The van der Waals surface area contributed by atoms with E-state index in [1.54, 1.807) is 11.9 Å². The van der Waals surface area contributed by atoms with Gasteiger partial charge in [0.1, 0.15) is 5.56 Å². The van der Waals surface area contributed by atoms with E-state index in [0.29, 0.717) is 0 Å². The Hall–Kier alpha value is -2.63. The summed E-state index contributed by atoms with van der Waals surface area (Å²) in [6, 6.07) is 5.61.